The topological polar surface area (TPSA) is 125 Å². The third-order valence-corrected chi connectivity index (χ3v) is 9.76. The van der Waals surface area contributed by atoms with Crippen LogP contribution in [-0.2, 0) is 29.9 Å². The fraction of sp³-hybridized carbons (Fsp3) is 0.933. The van der Waals surface area contributed by atoms with Gasteiger partial charge in [-0.15, -0.1) is 11.6 Å². The zero-order valence-electron chi connectivity index (χ0n) is 25.8. The van der Waals surface area contributed by atoms with Crippen molar-refractivity contribution in [2.75, 3.05) is 19.8 Å². The monoisotopic (exact) mass is 622 g/mol. The van der Waals surface area contributed by atoms with Crippen molar-refractivity contribution in [3.8, 4) is 0 Å². The Balaban J connectivity index is 1.95. The molecule has 10 atom stereocenters. The number of unbranched alkanes of at least 4 members (excludes halogenated alkanes) is 8. The van der Waals surface area contributed by atoms with E-state index in [4.69, 9.17) is 21.1 Å². The summed E-state index contributed by atoms with van der Waals surface area (Å²) in [5, 5.41) is 24.3. The predicted octanol–water partition coefficient (Wildman–Crippen LogP) is 3.88. The standard InChI is InChI=1S/C30H55ClN2O7S/c1-6-8-9-10-11-12-13-14-15-17-23(34)39-28-26(36)25(35)27(40-30(28)41(5)38)24(20(3)31)32-29(37)22-18-21(16-7-2)19-33(22)4/h20-22,24-28,30,35-36H,6-19H2,1-5H3,(H,32,37)/t20?,21?,22?,24-,25?,26?,27?,28?,30?,41?/m1/s1. The normalized spacial score (nSPS) is 31.0. The third kappa shape index (κ3) is 11.3. The summed E-state index contributed by atoms with van der Waals surface area (Å²) in [5.41, 5.74) is -1.18. The van der Waals surface area contributed by atoms with E-state index in [1.165, 1.54) is 38.4 Å². The van der Waals surface area contributed by atoms with Crippen molar-refractivity contribution in [2.24, 2.45) is 5.92 Å². The first kappa shape index (κ1) is 36.4. The van der Waals surface area contributed by atoms with Gasteiger partial charge in [-0.1, -0.05) is 71.6 Å². The lowest BCUT2D eigenvalue weighted by atomic mass is 9.92. The molecule has 0 radical (unpaired) electrons. The Morgan fingerprint density at radius 3 is 2.22 bits per heavy atom. The van der Waals surface area contributed by atoms with Gasteiger partial charge in [-0.3, -0.25) is 18.7 Å². The minimum Gasteiger partial charge on any atom is -0.456 e. The molecular formula is C30H55ClN2O7S. The molecule has 11 heteroatoms. The number of amides is 1. The molecule has 9 nitrogen and oxygen atoms in total. The molecular weight excluding hydrogens is 568 g/mol. The molecule has 0 aliphatic carbocycles. The summed E-state index contributed by atoms with van der Waals surface area (Å²) in [6.07, 6.45) is 8.90. The molecule has 2 aliphatic rings. The molecule has 2 aliphatic heterocycles. The van der Waals surface area contributed by atoms with Gasteiger partial charge in [0, 0.05) is 19.2 Å². The van der Waals surface area contributed by atoms with Crippen molar-refractivity contribution in [3.05, 3.63) is 0 Å². The molecule has 9 unspecified atom stereocenters. The molecule has 41 heavy (non-hydrogen) atoms. The SMILES string of the molecule is CCCCCCCCCCCC(=O)OC1C(O)C(O)C([C@H](NC(=O)C2CC(CCC)CN2C)C(C)Cl)OC1S(C)=O. The highest BCUT2D eigenvalue weighted by molar-refractivity contribution is 7.84. The summed E-state index contributed by atoms with van der Waals surface area (Å²) < 4.78 is 24.2. The number of halogens is 1. The van der Waals surface area contributed by atoms with Crippen LogP contribution in [0, 0.1) is 5.92 Å². The first-order valence-corrected chi connectivity index (χ1v) is 17.7. The van der Waals surface area contributed by atoms with Crippen LogP contribution < -0.4 is 5.32 Å². The van der Waals surface area contributed by atoms with Gasteiger partial charge >= 0.3 is 5.97 Å². The molecule has 0 aromatic heterocycles. The maximum Gasteiger partial charge on any atom is 0.306 e. The lowest BCUT2D eigenvalue weighted by Crippen LogP contribution is -2.66. The van der Waals surface area contributed by atoms with Crippen molar-refractivity contribution in [1.29, 1.82) is 0 Å². The number of nitrogens with one attached hydrogen (secondary N) is 1. The number of carbonyl (C=O) groups is 2. The number of aliphatic hydroxyl groups is 2. The zero-order valence-corrected chi connectivity index (χ0v) is 27.3. The minimum absolute atomic E-state index is 0.174. The van der Waals surface area contributed by atoms with Crippen LogP contribution in [0.2, 0.25) is 0 Å². The summed E-state index contributed by atoms with van der Waals surface area (Å²) in [6, 6.07) is -1.20. The van der Waals surface area contributed by atoms with E-state index in [-0.39, 0.29) is 18.4 Å². The first-order chi connectivity index (χ1) is 19.5. The van der Waals surface area contributed by atoms with Gasteiger partial charge in [-0.25, -0.2) is 0 Å². The van der Waals surface area contributed by atoms with Crippen LogP contribution in [0.1, 0.15) is 104 Å². The minimum atomic E-state index is -1.66. The van der Waals surface area contributed by atoms with Crippen LogP contribution >= 0.6 is 11.6 Å². The van der Waals surface area contributed by atoms with E-state index in [0.717, 1.165) is 45.1 Å². The molecule has 2 heterocycles. The van der Waals surface area contributed by atoms with Gasteiger partial charge in [0.1, 0.15) is 18.3 Å². The van der Waals surface area contributed by atoms with Crippen LogP contribution in [0.3, 0.4) is 0 Å². The summed E-state index contributed by atoms with van der Waals surface area (Å²) >= 11 is 6.47. The largest absolute Gasteiger partial charge is 0.456 e. The number of rotatable bonds is 18. The van der Waals surface area contributed by atoms with Gasteiger partial charge in [0.05, 0.1) is 28.3 Å². The lowest BCUT2D eigenvalue weighted by molar-refractivity contribution is -0.219. The van der Waals surface area contributed by atoms with Gasteiger partial charge in [-0.2, -0.15) is 0 Å². The van der Waals surface area contributed by atoms with Crippen LogP contribution in [-0.4, -0.2) is 98.4 Å². The van der Waals surface area contributed by atoms with Crippen LogP contribution in [0.4, 0.5) is 0 Å². The third-order valence-electron chi connectivity index (χ3n) is 8.45. The predicted molar refractivity (Wildman–Crippen MR) is 163 cm³/mol. The average molecular weight is 623 g/mol. The molecule has 3 N–H and O–H groups in total. The highest BCUT2D eigenvalue weighted by atomic mass is 35.5. The lowest BCUT2D eigenvalue weighted by Gasteiger charge is -2.45. The van der Waals surface area contributed by atoms with E-state index < -0.39 is 58.0 Å². The highest BCUT2D eigenvalue weighted by Gasteiger charge is 2.52. The van der Waals surface area contributed by atoms with E-state index >= 15 is 0 Å². The van der Waals surface area contributed by atoms with Crippen LogP contribution in [0.15, 0.2) is 0 Å². The first-order valence-electron chi connectivity index (χ1n) is 15.7. The maximum absolute atomic E-state index is 13.3. The summed E-state index contributed by atoms with van der Waals surface area (Å²) in [6.45, 7) is 6.83. The Morgan fingerprint density at radius 1 is 1.05 bits per heavy atom. The van der Waals surface area contributed by atoms with Crippen molar-refractivity contribution in [1.82, 2.24) is 10.2 Å². The van der Waals surface area contributed by atoms with Crippen molar-refractivity contribution in [2.45, 2.75) is 152 Å². The molecule has 0 aromatic rings. The molecule has 0 spiro atoms. The van der Waals surface area contributed by atoms with Crippen molar-refractivity contribution in [3.63, 3.8) is 0 Å². The maximum atomic E-state index is 13.3. The molecule has 1 amide bonds. The van der Waals surface area contributed by atoms with Crippen LogP contribution in [0.25, 0.3) is 0 Å². The fourth-order valence-corrected chi connectivity index (χ4v) is 7.18. The fourth-order valence-electron chi connectivity index (χ4n) is 6.09. The quantitative estimate of drug-likeness (QED) is 0.119. The van der Waals surface area contributed by atoms with Crippen molar-refractivity contribution >= 4 is 34.3 Å². The summed E-state index contributed by atoms with van der Waals surface area (Å²) in [5.74, 6) is -0.315. The van der Waals surface area contributed by atoms with E-state index in [0.29, 0.717) is 12.3 Å². The van der Waals surface area contributed by atoms with Crippen molar-refractivity contribution < 1.29 is 33.5 Å². The number of hydrogen-bond donors (Lipinski definition) is 3. The number of esters is 1. The molecule has 0 saturated carbocycles. The highest BCUT2D eigenvalue weighted by Crippen LogP contribution is 2.31. The van der Waals surface area contributed by atoms with E-state index in [1.807, 2.05) is 11.9 Å². The van der Waals surface area contributed by atoms with Gasteiger partial charge in [0.2, 0.25) is 5.91 Å². The zero-order chi connectivity index (χ0) is 30.5. The second kappa shape index (κ2) is 18.8. The molecule has 240 valence electrons. The summed E-state index contributed by atoms with van der Waals surface area (Å²) in [4.78, 5) is 27.9. The molecule has 2 fully saturated rings. The van der Waals surface area contributed by atoms with E-state index in [9.17, 15) is 24.0 Å². The molecule has 0 aromatic carbocycles. The number of likely N-dealkylation sites (tertiary alicyclic amines) is 1. The Labute approximate surface area is 254 Å². The number of carbonyl (C=O) groups excluding carboxylic acids is 2. The van der Waals surface area contributed by atoms with E-state index in [1.54, 1.807) is 6.92 Å². The molecule has 2 saturated heterocycles. The number of likely N-dealkylation sites (N-methyl/N-ethyl adjacent to an activating group) is 1. The number of hydrogen-bond acceptors (Lipinski definition) is 8. The number of aliphatic hydroxyl groups excluding tert-OH is 2. The smallest absolute Gasteiger partial charge is 0.306 e. The number of ether oxygens (including phenoxy) is 2. The van der Waals surface area contributed by atoms with Gasteiger partial charge in [0.25, 0.3) is 0 Å². The molecule has 0 bridgehead atoms. The second-order valence-corrected chi connectivity index (χ2v) is 14.2. The summed E-state index contributed by atoms with van der Waals surface area (Å²) in [7, 11) is 0.255. The Bertz CT molecular complexity index is 820. The van der Waals surface area contributed by atoms with Gasteiger partial charge in [0.15, 0.2) is 11.5 Å². The van der Waals surface area contributed by atoms with Gasteiger partial charge < -0.3 is 25.0 Å². The number of nitrogens with zero attached hydrogens (tertiary/aromatic N) is 1. The van der Waals surface area contributed by atoms with Crippen LogP contribution in [0.5, 0.6) is 0 Å². The Hall–Kier alpha value is -0.780. The number of alkyl halides is 1. The Morgan fingerprint density at radius 2 is 1.66 bits per heavy atom. The average Bonchev–Trinajstić information content (AvgIpc) is 3.29. The van der Waals surface area contributed by atoms with Gasteiger partial charge in [-0.05, 0) is 39.2 Å². The Kier molecular flexibility index (Phi) is 16.7. The second-order valence-electron chi connectivity index (χ2n) is 12.0. The molecule has 2 rings (SSSR count). The van der Waals surface area contributed by atoms with E-state index in [2.05, 4.69) is 19.2 Å².